The van der Waals surface area contributed by atoms with E-state index in [1.807, 2.05) is 40.2 Å². The Balaban J connectivity index is 0.712. The number of carboxylic acid groups (broad SMARTS) is 3. The summed E-state index contributed by atoms with van der Waals surface area (Å²) in [5.41, 5.74) is 8.20. The van der Waals surface area contributed by atoms with Crippen molar-refractivity contribution < 1.29 is 81.6 Å². The zero-order valence-corrected chi connectivity index (χ0v) is 50.6. The lowest BCUT2D eigenvalue weighted by atomic mass is 9.95. The molecule has 0 fully saturated rings. The van der Waals surface area contributed by atoms with Crippen LogP contribution in [0, 0.1) is 0 Å². The maximum absolute atomic E-state index is 15.4. The Hall–Kier alpha value is -12.4. The highest BCUT2D eigenvalue weighted by Crippen LogP contribution is 2.46. The third kappa shape index (κ3) is 15.2. The van der Waals surface area contributed by atoms with Crippen LogP contribution in [-0.4, -0.2) is 153 Å². The highest BCUT2D eigenvalue weighted by molar-refractivity contribution is 6.19. The van der Waals surface area contributed by atoms with Gasteiger partial charge < -0.3 is 77.9 Å². The summed E-state index contributed by atoms with van der Waals surface area (Å²) in [5.74, 6) is -18.5. The Bertz CT molecular complexity index is 4750. The molecule has 0 saturated carbocycles. The molecule has 96 heavy (non-hydrogen) atoms. The van der Waals surface area contributed by atoms with Crippen LogP contribution in [-0.2, 0) is 44.9 Å². The molecule has 7 amide bonds. The normalized spacial score (nSPS) is 13.6. The number of aliphatic carboxylic acids is 3. The average Bonchev–Trinajstić information content (AvgIpc) is 1.48. The second kappa shape index (κ2) is 27.8. The highest BCUT2D eigenvalue weighted by Gasteiger charge is 2.41. The monoisotopic (exact) mass is 1340 g/mol. The number of alkyl halides is 3. The number of esters is 1. The van der Waals surface area contributed by atoms with Crippen molar-refractivity contribution >= 4 is 149 Å². The molecule has 9 aromatic rings. The summed E-state index contributed by atoms with van der Waals surface area (Å²) in [5, 5.41) is 46.7. The van der Waals surface area contributed by atoms with Crippen molar-refractivity contribution in [3.05, 3.63) is 148 Å². The number of fused-ring (bicyclic) bond motifs is 6. The Morgan fingerprint density at radius 1 is 0.719 bits per heavy atom. The molecule has 0 saturated heterocycles. The molecule has 1 aliphatic rings. The number of hydrogen-bond donors (Lipinski definition) is 14. The first-order valence-electron chi connectivity index (χ1n) is 28.8. The van der Waals surface area contributed by atoms with Gasteiger partial charge in [0, 0.05) is 81.2 Å². The Labute approximate surface area is 541 Å². The molecule has 0 radical (unpaired) electrons. The zero-order valence-electron chi connectivity index (χ0n) is 49.8. The van der Waals surface area contributed by atoms with E-state index >= 15 is 8.78 Å². The van der Waals surface area contributed by atoms with Crippen LogP contribution < -0.4 is 58.1 Å². The molecule has 10 rings (SSSR count). The van der Waals surface area contributed by atoms with Crippen LogP contribution >= 0.6 is 11.6 Å². The number of nitrogen functional groups attached to an aromatic ring is 1. The summed E-state index contributed by atoms with van der Waals surface area (Å²) < 4.78 is 36.4. The number of rotatable bonds is 25. The number of H-pyrrole nitrogens is 3. The predicted molar refractivity (Wildman–Crippen MR) is 340 cm³/mol. The van der Waals surface area contributed by atoms with Crippen LogP contribution in [0.2, 0.25) is 0 Å². The predicted octanol–water partition coefficient (Wildman–Crippen LogP) is 4.07. The fraction of sp³-hybridized carbons (Fsp3) is 0.210. The molecular weight excluding hydrogens is 1280 g/mol. The summed E-state index contributed by atoms with van der Waals surface area (Å²) in [6, 6.07) is 19.8. The summed E-state index contributed by atoms with van der Waals surface area (Å²) in [7, 11) is 0. The Morgan fingerprint density at radius 3 is 1.99 bits per heavy atom. The fourth-order valence-electron chi connectivity index (χ4n) is 10.5. The number of ether oxygens (including phenoxy) is 1. The molecule has 494 valence electrons. The van der Waals surface area contributed by atoms with Crippen LogP contribution in [0.4, 0.5) is 37.5 Å². The smallest absolute Gasteiger partial charge is 0.341 e. The van der Waals surface area contributed by atoms with Gasteiger partial charge in [0.25, 0.3) is 29.2 Å². The van der Waals surface area contributed by atoms with Crippen molar-refractivity contribution in [2.75, 3.05) is 45.6 Å². The van der Waals surface area contributed by atoms with E-state index in [4.69, 9.17) is 22.1 Å². The van der Waals surface area contributed by atoms with Crippen molar-refractivity contribution in [3.63, 3.8) is 0 Å². The minimum atomic E-state index is -4.43. The van der Waals surface area contributed by atoms with E-state index < -0.39 is 115 Å². The summed E-state index contributed by atoms with van der Waals surface area (Å²) >= 11 is 6.44. The third-order valence-corrected chi connectivity index (χ3v) is 15.4. The lowest BCUT2D eigenvalue weighted by Gasteiger charge is -2.23. The second-order valence-electron chi connectivity index (χ2n) is 21.9. The maximum Gasteiger partial charge on any atom is 0.341 e. The van der Waals surface area contributed by atoms with Gasteiger partial charge in [-0.1, -0.05) is 24.3 Å². The second-order valence-corrected chi connectivity index (χ2v) is 22.2. The van der Waals surface area contributed by atoms with Gasteiger partial charge in [-0.25, -0.2) is 14.8 Å². The van der Waals surface area contributed by atoms with Gasteiger partial charge >= 0.3 is 29.8 Å². The number of amides is 7. The average molecular weight is 1340 g/mol. The minimum Gasteiger partial charge on any atom is -0.481 e. The number of nitrogens with two attached hydrogens (primary N) is 1. The number of carboxylic acids is 3. The van der Waals surface area contributed by atoms with Crippen molar-refractivity contribution in [1.29, 1.82) is 0 Å². The number of carbonyl (C=O) groups excluding carboxylic acids is 8. The number of hydrogen-bond acceptors (Lipinski definition) is 18. The van der Waals surface area contributed by atoms with Crippen molar-refractivity contribution in [1.82, 2.24) is 51.2 Å². The van der Waals surface area contributed by atoms with Crippen LogP contribution in [0.25, 0.3) is 43.7 Å². The number of aromatic nitrogens is 6. The van der Waals surface area contributed by atoms with Gasteiger partial charge in [0.15, 0.2) is 11.2 Å². The molecular formula is C62H54ClF2N15O16. The van der Waals surface area contributed by atoms with E-state index in [9.17, 15) is 72.9 Å². The third-order valence-electron chi connectivity index (χ3n) is 15.0. The Morgan fingerprint density at radius 2 is 1.34 bits per heavy atom. The molecule has 0 aliphatic carbocycles. The summed E-state index contributed by atoms with van der Waals surface area (Å²) in [4.78, 5) is 176. The van der Waals surface area contributed by atoms with Crippen LogP contribution in [0.1, 0.15) is 74.7 Å². The standard InChI is InChI=1S/C62H54ClF2N15O16/c1-27(81)96-46-21-45-50(37-5-3-2-4-36(37)46)31(22-63)25-80(45)58(92)43-17-30-14-33(10-12-39(30)74-43)71-55(89)40-16-29-15-34(11-13-38(29)73-40)72-60(95)62(64,65)26-69-54(88)41(19-48(83)84)76-56(90)42(20-49(85)86)75-47(82)18-44(59(93)94)77-53(87)28-6-8-32(9-7-28)67-23-35-24-68-52-51(70-35)57(91)79-61(66)78-52/h2-17,21,24,31,41-42,44,67,73-74H,18-20,22-23,25-26H2,1H3,(H,69,88)(H,71,89)(H,72,95)(H,75,82)(H,76,90)(H,77,87)(H,83,84)(H,85,86)(H,93,94)(H3,66,68,78,79,91)/t31?,41-,42-,44-/m0/s1. The lowest BCUT2D eigenvalue weighted by Crippen LogP contribution is -2.56. The van der Waals surface area contributed by atoms with E-state index in [-0.39, 0.29) is 81.7 Å². The van der Waals surface area contributed by atoms with Crippen LogP contribution in [0.3, 0.4) is 0 Å². The van der Waals surface area contributed by atoms with Crippen molar-refractivity contribution in [2.45, 2.75) is 62.7 Å². The molecule has 34 heteroatoms. The number of carbonyl (C=O) groups is 11. The van der Waals surface area contributed by atoms with E-state index in [1.165, 1.54) is 61.7 Å². The Kier molecular flexibility index (Phi) is 19.3. The quantitative estimate of drug-likeness (QED) is 0.0218. The largest absolute Gasteiger partial charge is 0.481 e. The molecule has 0 spiro atoms. The SMILES string of the molecule is CC(=O)Oc1cc2c(c3ccccc13)C(CCl)CN2C(=O)c1cc2cc(NC(=O)c3cc4cc(NC(=O)C(F)(F)CNC(=O)[C@H](CC(=O)O)NC(=O)[C@H](CC(=O)O)NC(=O)C[C@H](NC(=O)c5ccc(NCc6cnc7nc(N)[nH]c(=O)c7n6)cc5)C(=O)O)ccc4[nH]3)ccc2[nH]1. The molecule has 1 unspecified atom stereocenters. The number of nitrogens with one attached hydrogen (secondary N) is 10. The molecule has 4 atom stereocenters. The minimum absolute atomic E-state index is 0.00965. The van der Waals surface area contributed by atoms with E-state index in [0.29, 0.717) is 44.6 Å². The van der Waals surface area contributed by atoms with E-state index in [0.717, 1.165) is 10.9 Å². The lowest BCUT2D eigenvalue weighted by molar-refractivity contribution is -0.144. The number of halogens is 3. The molecule has 15 N–H and O–H groups in total. The number of anilines is 5. The molecule has 1 aliphatic heterocycles. The van der Waals surface area contributed by atoms with Gasteiger partial charge in [-0.2, -0.15) is 13.8 Å². The van der Waals surface area contributed by atoms with Crippen LogP contribution in [0.5, 0.6) is 5.75 Å². The maximum atomic E-state index is 15.4. The van der Waals surface area contributed by atoms with Crippen molar-refractivity contribution in [3.8, 4) is 5.75 Å². The molecule has 4 aromatic heterocycles. The summed E-state index contributed by atoms with van der Waals surface area (Å²) in [6.07, 6.45) is -2.28. The zero-order chi connectivity index (χ0) is 68.9. The topological polar surface area (TPSA) is 474 Å². The highest BCUT2D eigenvalue weighted by atomic mass is 35.5. The first-order valence-corrected chi connectivity index (χ1v) is 29.3. The first kappa shape index (κ1) is 66.5. The van der Waals surface area contributed by atoms with Gasteiger partial charge in [-0.05, 0) is 83.7 Å². The van der Waals surface area contributed by atoms with Gasteiger partial charge in [-0.15, -0.1) is 11.6 Å². The fourth-order valence-corrected chi connectivity index (χ4v) is 10.8. The van der Waals surface area contributed by atoms with E-state index in [2.05, 4.69) is 45.9 Å². The first-order chi connectivity index (χ1) is 45.7. The van der Waals surface area contributed by atoms with Gasteiger partial charge in [0.05, 0.1) is 49.9 Å². The number of nitrogens with zero attached hydrogens (tertiary/aromatic N) is 4. The van der Waals surface area contributed by atoms with E-state index in [1.54, 1.807) is 40.5 Å². The van der Waals surface area contributed by atoms with Crippen LogP contribution in [0.15, 0.2) is 114 Å². The molecule has 0 bridgehead atoms. The summed E-state index contributed by atoms with van der Waals surface area (Å²) in [6.45, 7) is -0.187. The van der Waals surface area contributed by atoms with Gasteiger partial charge in [0.2, 0.25) is 23.7 Å². The number of aromatic amines is 3. The number of benzene rings is 5. The van der Waals surface area contributed by atoms with Gasteiger partial charge in [0.1, 0.15) is 35.3 Å². The molecule has 5 heterocycles. The molecule has 31 nitrogen and oxygen atoms in total. The van der Waals surface area contributed by atoms with Crippen molar-refractivity contribution in [2.24, 2.45) is 0 Å². The molecule has 5 aromatic carbocycles. The van der Waals surface area contributed by atoms with Gasteiger partial charge in [-0.3, -0.25) is 57.7 Å².